The molecule has 0 fully saturated rings. The highest BCUT2D eigenvalue weighted by Gasteiger charge is 2.12. The number of halogens is 1. The van der Waals surface area contributed by atoms with Crippen molar-refractivity contribution in [2.75, 3.05) is 7.11 Å². The van der Waals surface area contributed by atoms with E-state index in [-0.39, 0.29) is 0 Å². The number of hydrogen-bond donors (Lipinski definition) is 1. The number of H-pyrrole nitrogens is 1. The van der Waals surface area contributed by atoms with Gasteiger partial charge in [0.1, 0.15) is 11.3 Å². The number of hydrogen-bond acceptors (Lipinski definition) is 2. The van der Waals surface area contributed by atoms with Gasteiger partial charge in [-0.2, -0.15) is 0 Å². The summed E-state index contributed by atoms with van der Waals surface area (Å²) in [5, 5.41) is 0. The van der Waals surface area contributed by atoms with Crippen molar-refractivity contribution >= 4 is 39.2 Å². The van der Waals surface area contributed by atoms with E-state index in [4.69, 9.17) is 17.0 Å². The molecule has 0 aliphatic rings. The summed E-state index contributed by atoms with van der Waals surface area (Å²) in [5.41, 5.74) is 4.13. The van der Waals surface area contributed by atoms with Crippen molar-refractivity contribution < 1.29 is 4.74 Å². The highest BCUT2D eigenvalue weighted by Crippen LogP contribution is 2.30. The van der Waals surface area contributed by atoms with Gasteiger partial charge in [0.25, 0.3) is 0 Å². The van der Waals surface area contributed by atoms with Crippen LogP contribution in [0.2, 0.25) is 0 Å². The molecule has 0 amide bonds. The van der Waals surface area contributed by atoms with Crippen molar-refractivity contribution in [2.45, 2.75) is 6.92 Å². The zero-order valence-corrected chi connectivity index (χ0v) is 13.5. The van der Waals surface area contributed by atoms with Crippen molar-refractivity contribution in [3.8, 4) is 11.4 Å². The molecule has 1 aromatic heterocycles. The molecule has 3 rings (SSSR count). The second-order valence-corrected chi connectivity index (χ2v) is 5.74. The van der Waals surface area contributed by atoms with E-state index in [2.05, 4.69) is 33.9 Å². The molecule has 0 bridgehead atoms. The molecule has 0 unspecified atom stereocenters. The zero-order valence-electron chi connectivity index (χ0n) is 11.1. The monoisotopic (exact) mass is 348 g/mol. The van der Waals surface area contributed by atoms with Crippen LogP contribution in [0.4, 0.5) is 0 Å². The van der Waals surface area contributed by atoms with Crippen LogP contribution < -0.4 is 4.74 Å². The van der Waals surface area contributed by atoms with E-state index < -0.39 is 0 Å². The Kier molecular flexibility index (Phi) is 3.40. The molecule has 0 aliphatic carbocycles. The lowest BCUT2D eigenvalue weighted by Gasteiger charge is -2.10. The molecule has 1 heterocycles. The molecule has 2 aromatic carbocycles. The van der Waals surface area contributed by atoms with Crippen molar-refractivity contribution in [1.82, 2.24) is 9.55 Å². The maximum Gasteiger partial charge on any atom is 0.182 e. The lowest BCUT2D eigenvalue weighted by atomic mass is 10.2. The average molecular weight is 349 g/mol. The Bertz CT molecular complexity index is 851. The van der Waals surface area contributed by atoms with Gasteiger partial charge in [-0.05, 0) is 49.0 Å². The standard InChI is InChI=1S/C15H13BrN2OS/c1-9-10(16)5-3-6-11(9)18-12-7-4-8-13(19-2)14(12)17-15(18)20/h3-8H,1-2H3,(H,17,20). The minimum absolute atomic E-state index is 0.658. The smallest absolute Gasteiger partial charge is 0.182 e. The van der Waals surface area contributed by atoms with E-state index in [1.807, 2.05) is 34.9 Å². The van der Waals surface area contributed by atoms with Crippen molar-refractivity contribution in [3.05, 3.63) is 51.2 Å². The van der Waals surface area contributed by atoms with Gasteiger partial charge in [-0.1, -0.05) is 28.1 Å². The fourth-order valence-corrected chi connectivity index (χ4v) is 3.01. The molecule has 0 saturated heterocycles. The molecule has 3 nitrogen and oxygen atoms in total. The van der Waals surface area contributed by atoms with E-state index in [9.17, 15) is 0 Å². The first-order chi connectivity index (χ1) is 9.63. The number of aromatic amines is 1. The number of imidazole rings is 1. The molecule has 0 atom stereocenters. The minimum Gasteiger partial charge on any atom is -0.494 e. The number of nitrogens with one attached hydrogen (secondary N) is 1. The number of fused-ring (bicyclic) bond motifs is 1. The molecule has 5 heteroatoms. The molecule has 0 saturated carbocycles. The van der Waals surface area contributed by atoms with Gasteiger partial charge < -0.3 is 9.72 Å². The third-order valence-electron chi connectivity index (χ3n) is 3.38. The number of nitrogens with zero attached hydrogens (tertiary/aromatic N) is 1. The second kappa shape index (κ2) is 5.07. The highest BCUT2D eigenvalue weighted by molar-refractivity contribution is 9.10. The predicted molar refractivity (Wildman–Crippen MR) is 87.4 cm³/mol. The first kappa shape index (κ1) is 13.4. The normalized spacial score (nSPS) is 10.9. The Labute approximate surface area is 130 Å². The van der Waals surface area contributed by atoms with Crippen molar-refractivity contribution in [3.63, 3.8) is 0 Å². The second-order valence-electron chi connectivity index (χ2n) is 4.50. The third kappa shape index (κ3) is 1.98. The summed E-state index contributed by atoms with van der Waals surface area (Å²) in [7, 11) is 1.66. The number of rotatable bonds is 2. The maximum absolute atomic E-state index is 5.48. The Balaban J connectivity index is 2.40. The van der Waals surface area contributed by atoms with E-state index in [1.54, 1.807) is 7.11 Å². The quantitative estimate of drug-likeness (QED) is 0.676. The molecule has 0 aliphatic heterocycles. The number of aromatic nitrogens is 2. The summed E-state index contributed by atoms with van der Waals surface area (Å²) in [6.07, 6.45) is 0. The van der Waals surface area contributed by atoms with Gasteiger partial charge in [0.05, 0.1) is 18.3 Å². The zero-order chi connectivity index (χ0) is 14.3. The highest BCUT2D eigenvalue weighted by atomic mass is 79.9. The van der Waals surface area contributed by atoms with Crippen LogP contribution in [0.15, 0.2) is 40.9 Å². The maximum atomic E-state index is 5.48. The van der Waals surface area contributed by atoms with E-state index in [0.717, 1.165) is 32.5 Å². The first-order valence-corrected chi connectivity index (χ1v) is 7.37. The molecule has 0 spiro atoms. The van der Waals surface area contributed by atoms with Crippen LogP contribution in [0.5, 0.6) is 5.75 Å². The van der Waals surface area contributed by atoms with E-state index >= 15 is 0 Å². The average Bonchev–Trinajstić information content (AvgIpc) is 2.78. The molecule has 3 aromatic rings. The largest absolute Gasteiger partial charge is 0.494 e. The van der Waals surface area contributed by atoms with Gasteiger partial charge in [0, 0.05) is 4.47 Å². The molecular formula is C15H13BrN2OS. The van der Waals surface area contributed by atoms with Gasteiger partial charge in [0.2, 0.25) is 0 Å². The van der Waals surface area contributed by atoms with Gasteiger partial charge in [-0.15, -0.1) is 0 Å². The van der Waals surface area contributed by atoms with Gasteiger partial charge in [0.15, 0.2) is 4.77 Å². The van der Waals surface area contributed by atoms with Crippen LogP contribution in [0.1, 0.15) is 5.56 Å². The summed E-state index contributed by atoms with van der Waals surface area (Å²) >= 11 is 9.05. The lowest BCUT2D eigenvalue weighted by molar-refractivity contribution is 0.419. The molecule has 20 heavy (non-hydrogen) atoms. The van der Waals surface area contributed by atoms with Crippen LogP contribution in [-0.2, 0) is 0 Å². The summed E-state index contributed by atoms with van der Waals surface area (Å²) in [6.45, 7) is 2.07. The Hall–Kier alpha value is -1.59. The van der Waals surface area contributed by atoms with E-state index in [0.29, 0.717) is 4.77 Å². The Morgan fingerprint density at radius 3 is 2.70 bits per heavy atom. The molecule has 102 valence electrons. The minimum atomic E-state index is 0.658. The van der Waals surface area contributed by atoms with E-state index in [1.165, 1.54) is 0 Å². The summed E-state index contributed by atoms with van der Waals surface area (Å²) in [6, 6.07) is 12.0. The van der Waals surface area contributed by atoms with Crippen LogP contribution in [-0.4, -0.2) is 16.7 Å². The fraction of sp³-hybridized carbons (Fsp3) is 0.133. The van der Waals surface area contributed by atoms with Gasteiger partial charge in [-0.25, -0.2) is 0 Å². The van der Waals surface area contributed by atoms with Crippen LogP contribution in [0, 0.1) is 11.7 Å². The van der Waals surface area contributed by atoms with Crippen molar-refractivity contribution in [2.24, 2.45) is 0 Å². The summed E-state index contributed by atoms with van der Waals surface area (Å²) < 4.78 is 9.14. The Morgan fingerprint density at radius 1 is 1.20 bits per heavy atom. The van der Waals surface area contributed by atoms with Crippen LogP contribution in [0.25, 0.3) is 16.7 Å². The predicted octanol–water partition coefficient (Wildman–Crippen LogP) is 4.77. The molecular weight excluding hydrogens is 336 g/mol. The molecule has 1 N–H and O–H groups in total. The number of para-hydroxylation sites is 1. The molecule has 0 radical (unpaired) electrons. The first-order valence-electron chi connectivity index (χ1n) is 6.16. The fourth-order valence-electron chi connectivity index (χ4n) is 2.35. The number of ether oxygens (including phenoxy) is 1. The topological polar surface area (TPSA) is 29.9 Å². The summed E-state index contributed by atoms with van der Waals surface area (Å²) in [4.78, 5) is 3.23. The Morgan fingerprint density at radius 2 is 1.95 bits per heavy atom. The summed E-state index contributed by atoms with van der Waals surface area (Å²) in [5.74, 6) is 0.792. The number of methoxy groups -OCH3 is 1. The van der Waals surface area contributed by atoms with Crippen LogP contribution >= 0.6 is 28.1 Å². The van der Waals surface area contributed by atoms with Crippen LogP contribution in [0.3, 0.4) is 0 Å². The van der Waals surface area contributed by atoms with Gasteiger partial charge >= 0.3 is 0 Å². The lowest BCUT2D eigenvalue weighted by Crippen LogP contribution is -1.97. The van der Waals surface area contributed by atoms with Gasteiger partial charge in [-0.3, -0.25) is 4.57 Å². The van der Waals surface area contributed by atoms with Crippen molar-refractivity contribution in [1.29, 1.82) is 0 Å². The number of benzene rings is 2. The third-order valence-corrected chi connectivity index (χ3v) is 4.52. The SMILES string of the molecule is COc1cccc2c1[nH]c(=S)n2-c1cccc(Br)c1C.